The fraction of sp³-hybridized carbons (Fsp3) is 0.259. The number of benzene rings is 2. The summed E-state index contributed by atoms with van der Waals surface area (Å²) in [7, 11) is 0. The Hall–Kier alpha value is -3.38. The molecule has 0 radical (unpaired) electrons. The Bertz CT molecular complexity index is 1220. The predicted octanol–water partition coefficient (Wildman–Crippen LogP) is 6.00. The number of hydrogen-bond acceptors (Lipinski definition) is 5. The molecule has 0 saturated carbocycles. The maximum Gasteiger partial charge on any atom is 0.243 e. The number of allylic oxidation sites excluding steroid dienone is 1. The number of nitrogens with zero attached hydrogens (tertiary/aromatic N) is 1. The molecule has 1 aliphatic heterocycles. The number of nitrogens with one attached hydrogen (secondary N) is 2. The third kappa shape index (κ3) is 4.31. The Labute approximate surface area is 198 Å². The molecule has 168 valence electrons. The minimum atomic E-state index is -0.318. The van der Waals surface area contributed by atoms with E-state index in [1.165, 1.54) is 0 Å². The summed E-state index contributed by atoms with van der Waals surface area (Å²) in [6, 6.07) is 21.2. The Kier molecular flexibility index (Phi) is 5.54. The van der Waals surface area contributed by atoms with E-state index in [2.05, 4.69) is 35.4 Å². The topological polar surface area (TPSA) is 61.4 Å². The van der Waals surface area contributed by atoms with Crippen LogP contribution in [0, 0.1) is 5.41 Å². The van der Waals surface area contributed by atoms with Gasteiger partial charge < -0.3 is 15.5 Å². The van der Waals surface area contributed by atoms with Gasteiger partial charge in [-0.05, 0) is 47.5 Å². The zero-order valence-electron chi connectivity index (χ0n) is 18.8. The van der Waals surface area contributed by atoms with Crippen LogP contribution in [0.4, 0.5) is 17.1 Å². The van der Waals surface area contributed by atoms with Gasteiger partial charge in [0, 0.05) is 28.3 Å². The highest BCUT2D eigenvalue weighted by Crippen LogP contribution is 2.48. The van der Waals surface area contributed by atoms with E-state index in [1.54, 1.807) is 11.3 Å². The standard InChI is InChI=1S/C27H27N3O2S/c1-27(2)15-20-25(22(31)16-27)26(23-13-8-14-33-23)30(21-12-7-6-11-19(21)29-20)17-24(32)28-18-9-4-3-5-10-18/h3-14,26,29H,15-17H2,1-2H3,(H,28,32)/t26-/m0/s1. The van der Waals surface area contributed by atoms with Gasteiger partial charge in [-0.15, -0.1) is 11.3 Å². The maximum absolute atomic E-state index is 13.6. The molecule has 0 fully saturated rings. The molecule has 1 atom stereocenters. The number of Topliss-reactive ketones (excluding diaryl/α,β-unsaturated/α-hetero) is 1. The third-order valence-electron chi connectivity index (χ3n) is 6.19. The van der Waals surface area contributed by atoms with Crippen LogP contribution in [0.1, 0.15) is 37.6 Å². The van der Waals surface area contributed by atoms with Crippen LogP contribution < -0.4 is 15.5 Å². The number of carbonyl (C=O) groups is 2. The van der Waals surface area contributed by atoms with Gasteiger partial charge in [-0.2, -0.15) is 0 Å². The summed E-state index contributed by atoms with van der Waals surface area (Å²) < 4.78 is 0. The van der Waals surface area contributed by atoms with Crippen molar-refractivity contribution in [2.75, 3.05) is 22.1 Å². The molecular formula is C27H27N3O2S. The second-order valence-electron chi connectivity index (χ2n) is 9.44. The van der Waals surface area contributed by atoms with Crippen molar-refractivity contribution in [1.29, 1.82) is 0 Å². The molecule has 2 N–H and O–H groups in total. The molecular weight excluding hydrogens is 430 g/mol. The van der Waals surface area contributed by atoms with Gasteiger partial charge in [-0.1, -0.05) is 50.2 Å². The summed E-state index contributed by atoms with van der Waals surface area (Å²) >= 11 is 1.62. The van der Waals surface area contributed by atoms with Crippen molar-refractivity contribution < 1.29 is 9.59 Å². The fourth-order valence-electron chi connectivity index (χ4n) is 4.85. The Morgan fingerprint density at radius 2 is 1.82 bits per heavy atom. The highest BCUT2D eigenvalue weighted by molar-refractivity contribution is 7.10. The van der Waals surface area contributed by atoms with Gasteiger partial charge in [0.2, 0.25) is 5.91 Å². The van der Waals surface area contributed by atoms with Crippen LogP contribution in [0.2, 0.25) is 0 Å². The Balaban J connectivity index is 1.61. The van der Waals surface area contributed by atoms with Crippen LogP contribution in [0.25, 0.3) is 0 Å². The number of para-hydroxylation sites is 3. The molecule has 2 aliphatic rings. The number of carbonyl (C=O) groups excluding carboxylic acids is 2. The highest BCUT2D eigenvalue weighted by atomic mass is 32.1. The van der Waals surface area contributed by atoms with Crippen molar-refractivity contribution in [3.63, 3.8) is 0 Å². The van der Waals surface area contributed by atoms with E-state index in [-0.39, 0.29) is 29.7 Å². The van der Waals surface area contributed by atoms with Crippen LogP contribution in [-0.4, -0.2) is 18.2 Å². The van der Waals surface area contributed by atoms with E-state index >= 15 is 0 Å². The molecule has 6 heteroatoms. The van der Waals surface area contributed by atoms with E-state index < -0.39 is 0 Å². The van der Waals surface area contributed by atoms with Gasteiger partial charge >= 0.3 is 0 Å². The summed E-state index contributed by atoms with van der Waals surface area (Å²) in [6.45, 7) is 4.40. The van der Waals surface area contributed by atoms with E-state index in [0.717, 1.165) is 39.6 Å². The zero-order valence-corrected chi connectivity index (χ0v) is 19.6. The average Bonchev–Trinajstić information content (AvgIpc) is 3.26. The van der Waals surface area contributed by atoms with Crippen LogP contribution in [0.3, 0.4) is 0 Å². The van der Waals surface area contributed by atoms with Gasteiger partial charge in [0.05, 0.1) is 24.0 Å². The number of fused-ring (bicyclic) bond motifs is 1. The molecule has 0 unspecified atom stereocenters. The van der Waals surface area contributed by atoms with E-state index in [1.807, 2.05) is 66.0 Å². The van der Waals surface area contributed by atoms with Crippen molar-refractivity contribution >= 4 is 40.1 Å². The van der Waals surface area contributed by atoms with Crippen LogP contribution in [-0.2, 0) is 9.59 Å². The smallest absolute Gasteiger partial charge is 0.243 e. The molecule has 2 heterocycles. The summed E-state index contributed by atoms with van der Waals surface area (Å²) in [5.41, 5.74) is 4.22. The van der Waals surface area contributed by atoms with Crippen LogP contribution >= 0.6 is 11.3 Å². The molecule has 1 aromatic heterocycles. The van der Waals surface area contributed by atoms with Gasteiger partial charge in [0.1, 0.15) is 0 Å². The molecule has 2 aromatic carbocycles. The maximum atomic E-state index is 13.6. The number of ketones is 1. The highest BCUT2D eigenvalue weighted by Gasteiger charge is 2.42. The number of amides is 1. The quantitative estimate of drug-likeness (QED) is 0.504. The molecule has 33 heavy (non-hydrogen) atoms. The van der Waals surface area contributed by atoms with Gasteiger partial charge in [-0.3, -0.25) is 9.59 Å². The van der Waals surface area contributed by atoms with E-state index in [9.17, 15) is 9.59 Å². The second-order valence-corrected chi connectivity index (χ2v) is 10.4. The lowest BCUT2D eigenvalue weighted by Crippen LogP contribution is -2.39. The van der Waals surface area contributed by atoms with Gasteiger partial charge in [-0.25, -0.2) is 0 Å². The van der Waals surface area contributed by atoms with Gasteiger partial charge in [0.15, 0.2) is 5.78 Å². The Morgan fingerprint density at radius 1 is 1.06 bits per heavy atom. The monoisotopic (exact) mass is 457 g/mol. The first-order valence-electron chi connectivity index (χ1n) is 11.2. The molecule has 5 rings (SSSR count). The summed E-state index contributed by atoms with van der Waals surface area (Å²) in [5, 5.41) is 8.61. The van der Waals surface area contributed by atoms with Crippen molar-refractivity contribution in [3.05, 3.63) is 88.3 Å². The zero-order chi connectivity index (χ0) is 23.0. The summed E-state index contributed by atoms with van der Waals surface area (Å²) in [6.07, 6.45) is 1.28. The number of thiophene rings is 1. The first kappa shape index (κ1) is 21.5. The van der Waals surface area contributed by atoms with Crippen molar-refractivity contribution in [1.82, 2.24) is 0 Å². The molecule has 0 bridgehead atoms. The van der Waals surface area contributed by atoms with Crippen LogP contribution in [0.15, 0.2) is 83.4 Å². The average molecular weight is 458 g/mol. The molecule has 0 saturated heterocycles. The molecule has 5 nitrogen and oxygen atoms in total. The SMILES string of the molecule is CC1(C)CC(=O)C2=C(C1)Nc1ccccc1N(CC(=O)Nc1ccccc1)[C@H]2c1cccs1. The predicted molar refractivity (Wildman–Crippen MR) is 135 cm³/mol. The minimum Gasteiger partial charge on any atom is -0.357 e. The van der Waals surface area contributed by atoms with Crippen LogP contribution in [0.5, 0.6) is 0 Å². The number of anilines is 3. The lowest BCUT2D eigenvalue weighted by molar-refractivity contribution is -0.119. The number of rotatable bonds is 4. The normalized spacial score (nSPS) is 19.3. The first-order valence-corrected chi connectivity index (χ1v) is 12.1. The minimum absolute atomic E-state index is 0.113. The lowest BCUT2D eigenvalue weighted by atomic mass is 9.74. The van der Waals surface area contributed by atoms with Crippen molar-refractivity contribution in [2.45, 2.75) is 32.7 Å². The molecule has 1 aliphatic carbocycles. The molecule has 3 aromatic rings. The molecule has 1 amide bonds. The summed E-state index contributed by atoms with van der Waals surface area (Å²) in [5.74, 6) is 0.0265. The third-order valence-corrected chi connectivity index (χ3v) is 7.11. The number of hydrogen-bond donors (Lipinski definition) is 2. The van der Waals surface area contributed by atoms with E-state index in [4.69, 9.17) is 0 Å². The fourth-order valence-corrected chi connectivity index (χ4v) is 5.69. The van der Waals surface area contributed by atoms with E-state index in [0.29, 0.717) is 6.42 Å². The van der Waals surface area contributed by atoms with Gasteiger partial charge in [0.25, 0.3) is 0 Å². The largest absolute Gasteiger partial charge is 0.357 e. The summed E-state index contributed by atoms with van der Waals surface area (Å²) in [4.78, 5) is 29.9. The first-order chi connectivity index (χ1) is 15.9. The lowest BCUT2D eigenvalue weighted by Gasteiger charge is -2.37. The van der Waals surface area contributed by atoms with Crippen molar-refractivity contribution in [2.24, 2.45) is 5.41 Å². The van der Waals surface area contributed by atoms with Crippen molar-refractivity contribution in [3.8, 4) is 0 Å². The second kappa shape index (κ2) is 8.52. The molecule has 0 spiro atoms. The Morgan fingerprint density at radius 3 is 2.58 bits per heavy atom.